The number of non-ortho nitro benzene ring substituents is 1. The summed E-state index contributed by atoms with van der Waals surface area (Å²) in [6.07, 6.45) is 4.63. The Balaban J connectivity index is 1.55. The SMILES string of the molecule is C[C@@H]1CCCCN1Cc1c(C(=O)N/N=C/c2ccc([N+](=O)[O-])cc2)nnn1-c1nonc1N. The van der Waals surface area contributed by atoms with Crippen LogP contribution in [0.3, 0.4) is 0 Å². The van der Waals surface area contributed by atoms with Gasteiger partial charge in [-0.15, -0.1) is 5.10 Å². The molecule has 14 nitrogen and oxygen atoms in total. The van der Waals surface area contributed by atoms with E-state index in [2.05, 4.69) is 47.6 Å². The molecule has 2 aromatic heterocycles. The number of nitrogens with two attached hydrogens (primary N) is 1. The number of nitrogens with one attached hydrogen (secondary N) is 1. The molecular weight excluding hydrogens is 432 g/mol. The van der Waals surface area contributed by atoms with Crippen LogP contribution < -0.4 is 11.2 Å². The van der Waals surface area contributed by atoms with Gasteiger partial charge in [0.25, 0.3) is 11.6 Å². The van der Waals surface area contributed by atoms with Crippen LogP contribution in [0.2, 0.25) is 0 Å². The molecule has 4 rings (SSSR count). The lowest BCUT2D eigenvalue weighted by molar-refractivity contribution is -0.384. The summed E-state index contributed by atoms with van der Waals surface area (Å²) in [4.78, 5) is 25.3. The van der Waals surface area contributed by atoms with Crippen LogP contribution in [0.1, 0.15) is 47.9 Å². The molecule has 3 aromatic rings. The predicted molar refractivity (Wildman–Crippen MR) is 116 cm³/mol. The smallest absolute Gasteiger partial charge is 0.293 e. The fourth-order valence-corrected chi connectivity index (χ4v) is 3.61. The van der Waals surface area contributed by atoms with Crippen molar-refractivity contribution in [1.82, 2.24) is 35.6 Å². The van der Waals surface area contributed by atoms with E-state index in [1.807, 2.05) is 0 Å². The third-order valence-corrected chi connectivity index (χ3v) is 5.45. The Bertz CT molecular complexity index is 1170. The highest BCUT2D eigenvalue weighted by Crippen LogP contribution is 2.22. The van der Waals surface area contributed by atoms with Gasteiger partial charge >= 0.3 is 0 Å². The number of anilines is 1. The van der Waals surface area contributed by atoms with Crippen LogP contribution in [0.25, 0.3) is 5.82 Å². The van der Waals surface area contributed by atoms with E-state index in [0.717, 1.165) is 25.8 Å². The number of likely N-dealkylation sites (tertiary alicyclic amines) is 1. The van der Waals surface area contributed by atoms with Crippen molar-refractivity contribution in [2.75, 3.05) is 12.3 Å². The van der Waals surface area contributed by atoms with Crippen LogP contribution in [0, 0.1) is 10.1 Å². The summed E-state index contributed by atoms with van der Waals surface area (Å²) in [5.74, 6) is -0.402. The van der Waals surface area contributed by atoms with Gasteiger partial charge in [-0.05, 0) is 54.3 Å². The molecule has 1 fully saturated rings. The van der Waals surface area contributed by atoms with E-state index in [-0.39, 0.29) is 23.0 Å². The highest BCUT2D eigenvalue weighted by molar-refractivity contribution is 5.94. The number of nitrogen functional groups attached to an aromatic ring is 1. The number of hydrogen-bond acceptors (Lipinski definition) is 11. The van der Waals surface area contributed by atoms with E-state index >= 15 is 0 Å². The largest absolute Gasteiger partial charge is 0.378 e. The Kier molecular flexibility index (Phi) is 6.35. The van der Waals surface area contributed by atoms with E-state index in [4.69, 9.17) is 5.73 Å². The maximum Gasteiger partial charge on any atom is 0.293 e. The molecule has 3 N–H and O–H groups in total. The quantitative estimate of drug-likeness (QED) is 0.299. The van der Waals surface area contributed by atoms with Crippen LogP contribution in [-0.4, -0.2) is 59.8 Å². The standard InChI is InChI=1S/C19H22N10O4/c1-12-4-2-3-9-27(12)11-15-16(22-26-28(15)18-17(20)24-33-25-18)19(30)23-21-10-13-5-7-14(8-6-13)29(31)32/h5-8,10,12H,2-4,9,11H2,1H3,(H2,20,24)(H,23,30)/b21-10+/t12-/m1/s1. The number of benzene rings is 1. The van der Waals surface area contributed by atoms with Gasteiger partial charge in [0.1, 0.15) is 0 Å². The summed E-state index contributed by atoms with van der Waals surface area (Å²) in [6, 6.07) is 6.07. The number of carbonyl (C=O) groups is 1. The second kappa shape index (κ2) is 9.52. The van der Waals surface area contributed by atoms with E-state index < -0.39 is 10.8 Å². The first kappa shape index (κ1) is 22.0. The van der Waals surface area contributed by atoms with Gasteiger partial charge < -0.3 is 5.73 Å². The van der Waals surface area contributed by atoms with Crippen molar-refractivity contribution in [2.24, 2.45) is 5.10 Å². The summed E-state index contributed by atoms with van der Waals surface area (Å²) in [6.45, 7) is 3.40. The Hall–Kier alpha value is -4.20. The van der Waals surface area contributed by atoms with E-state index in [0.29, 0.717) is 23.8 Å². The second-order valence-electron chi connectivity index (χ2n) is 7.63. The van der Waals surface area contributed by atoms with Gasteiger partial charge in [-0.3, -0.25) is 19.8 Å². The van der Waals surface area contributed by atoms with Crippen LogP contribution in [0.5, 0.6) is 0 Å². The molecule has 14 heteroatoms. The third kappa shape index (κ3) is 4.85. The molecule has 0 radical (unpaired) electrons. The molecule has 1 saturated heterocycles. The maximum atomic E-state index is 12.9. The molecule has 0 unspecified atom stereocenters. The fourth-order valence-electron chi connectivity index (χ4n) is 3.61. The van der Waals surface area contributed by atoms with Gasteiger partial charge in [-0.2, -0.15) is 9.78 Å². The zero-order valence-corrected chi connectivity index (χ0v) is 17.8. The molecular formula is C19H22N10O4. The lowest BCUT2D eigenvalue weighted by Gasteiger charge is -2.33. The maximum absolute atomic E-state index is 12.9. The van der Waals surface area contributed by atoms with Crippen LogP contribution in [0.15, 0.2) is 34.0 Å². The van der Waals surface area contributed by atoms with E-state index in [1.54, 1.807) is 0 Å². The molecule has 172 valence electrons. The molecule has 0 saturated carbocycles. The minimum atomic E-state index is -0.575. The molecule has 1 aliphatic heterocycles. The summed E-state index contributed by atoms with van der Waals surface area (Å²) >= 11 is 0. The normalized spacial score (nSPS) is 16.8. The molecule has 1 amide bonds. The summed E-state index contributed by atoms with van der Waals surface area (Å²) < 4.78 is 6.03. The van der Waals surface area contributed by atoms with Gasteiger partial charge in [-0.1, -0.05) is 11.6 Å². The number of carbonyl (C=O) groups excluding carboxylic acids is 1. The predicted octanol–water partition coefficient (Wildman–Crippen LogP) is 1.28. The molecule has 1 atom stereocenters. The minimum absolute atomic E-state index is 0.0241. The average Bonchev–Trinajstić information content (AvgIpc) is 3.41. The number of aromatic nitrogens is 5. The number of piperidine rings is 1. The molecule has 33 heavy (non-hydrogen) atoms. The second-order valence-corrected chi connectivity index (χ2v) is 7.63. The highest BCUT2D eigenvalue weighted by atomic mass is 16.6. The molecule has 0 spiro atoms. The van der Waals surface area contributed by atoms with Gasteiger partial charge in [0.05, 0.1) is 16.8 Å². The Morgan fingerprint density at radius 2 is 2.15 bits per heavy atom. The summed E-state index contributed by atoms with van der Waals surface area (Å²) in [5, 5.41) is 30.1. The summed E-state index contributed by atoms with van der Waals surface area (Å²) in [5.41, 5.74) is 9.33. The topological polar surface area (TPSA) is 183 Å². The average molecular weight is 454 g/mol. The van der Waals surface area contributed by atoms with Crippen LogP contribution >= 0.6 is 0 Å². The number of nitrogens with zero attached hydrogens (tertiary/aromatic N) is 8. The van der Waals surface area contributed by atoms with Crippen molar-refractivity contribution in [2.45, 2.75) is 38.8 Å². The lowest BCUT2D eigenvalue weighted by Crippen LogP contribution is -2.38. The van der Waals surface area contributed by atoms with Crippen molar-refractivity contribution >= 4 is 23.6 Å². The summed E-state index contributed by atoms with van der Waals surface area (Å²) in [7, 11) is 0. The van der Waals surface area contributed by atoms with Gasteiger partial charge in [0.2, 0.25) is 11.6 Å². The first-order chi connectivity index (χ1) is 15.9. The van der Waals surface area contributed by atoms with E-state index in [9.17, 15) is 14.9 Å². The van der Waals surface area contributed by atoms with Crippen molar-refractivity contribution in [3.05, 3.63) is 51.3 Å². The number of amides is 1. The first-order valence-electron chi connectivity index (χ1n) is 10.3. The van der Waals surface area contributed by atoms with Crippen LogP contribution in [-0.2, 0) is 6.54 Å². The Morgan fingerprint density at radius 3 is 2.82 bits per heavy atom. The molecule has 0 bridgehead atoms. The van der Waals surface area contributed by atoms with E-state index in [1.165, 1.54) is 35.2 Å². The first-order valence-corrected chi connectivity index (χ1v) is 10.3. The Labute approximate surface area is 187 Å². The number of hydrazone groups is 1. The Morgan fingerprint density at radius 1 is 1.36 bits per heavy atom. The molecule has 0 aliphatic carbocycles. The number of nitro benzene ring substituents is 1. The van der Waals surface area contributed by atoms with Gasteiger partial charge in [-0.25, -0.2) is 10.1 Å². The van der Waals surface area contributed by atoms with Crippen LogP contribution in [0.4, 0.5) is 11.5 Å². The van der Waals surface area contributed by atoms with Gasteiger partial charge in [0, 0.05) is 24.7 Å². The molecule has 1 aromatic carbocycles. The fraction of sp³-hybridized carbons (Fsp3) is 0.368. The number of rotatable bonds is 7. The van der Waals surface area contributed by atoms with Crippen molar-refractivity contribution in [1.29, 1.82) is 0 Å². The molecule has 1 aliphatic rings. The van der Waals surface area contributed by atoms with Crippen molar-refractivity contribution < 1.29 is 14.3 Å². The molecule has 3 heterocycles. The highest BCUT2D eigenvalue weighted by Gasteiger charge is 2.28. The zero-order chi connectivity index (χ0) is 23.4. The van der Waals surface area contributed by atoms with Gasteiger partial charge in [0.15, 0.2) is 5.69 Å². The lowest BCUT2D eigenvalue weighted by atomic mass is 10.0. The number of nitro groups is 1. The number of hydrogen-bond donors (Lipinski definition) is 2. The third-order valence-electron chi connectivity index (χ3n) is 5.45. The monoisotopic (exact) mass is 454 g/mol. The minimum Gasteiger partial charge on any atom is -0.378 e. The van der Waals surface area contributed by atoms with Crippen molar-refractivity contribution in [3.8, 4) is 5.82 Å². The zero-order valence-electron chi connectivity index (χ0n) is 17.8. The van der Waals surface area contributed by atoms with Crippen molar-refractivity contribution in [3.63, 3.8) is 0 Å².